The van der Waals surface area contributed by atoms with Gasteiger partial charge in [0.25, 0.3) is 5.91 Å². The van der Waals surface area contributed by atoms with Crippen LogP contribution in [0.25, 0.3) is 0 Å². The molecule has 150 valence electrons. The van der Waals surface area contributed by atoms with Crippen molar-refractivity contribution < 1.29 is 18.7 Å². The van der Waals surface area contributed by atoms with E-state index in [1.807, 2.05) is 25.1 Å². The van der Waals surface area contributed by atoms with Gasteiger partial charge in [0.15, 0.2) is 0 Å². The SMILES string of the molecule is COc1ccc(C(=O)NCc2ccc(F)cc2)cc1COc1ccc(C)c(C)c1. The Morgan fingerprint density at radius 2 is 1.72 bits per heavy atom. The van der Waals surface area contributed by atoms with Crippen LogP contribution in [0.5, 0.6) is 11.5 Å². The predicted octanol–water partition coefficient (Wildman–Crippen LogP) is 4.96. The monoisotopic (exact) mass is 393 g/mol. The standard InChI is InChI=1S/C24H24FNO3/c1-16-4-10-22(12-17(16)2)29-15-20-13-19(7-11-23(20)28-3)24(27)26-14-18-5-8-21(25)9-6-18/h4-13H,14-15H2,1-3H3,(H,26,27). The first-order chi connectivity index (χ1) is 14.0. The van der Waals surface area contributed by atoms with E-state index in [1.54, 1.807) is 37.4 Å². The molecule has 0 aliphatic carbocycles. The maximum absolute atomic E-state index is 13.0. The Morgan fingerprint density at radius 3 is 2.41 bits per heavy atom. The number of hydrogen-bond donors (Lipinski definition) is 1. The molecule has 0 saturated heterocycles. The Bertz CT molecular complexity index is 1000. The van der Waals surface area contributed by atoms with Gasteiger partial charge < -0.3 is 14.8 Å². The highest BCUT2D eigenvalue weighted by molar-refractivity contribution is 5.94. The lowest BCUT2D eigenvalue weighted by molar-refractivity contribution is 0.0950. The van der Waals surface area contributed by atoms with Crippen molar-refractivity contribution in [2.24, 2.45) is 0 Å². The summed E-state index contributed by atoms with van der Waals surface area (Å²) in [5.41, 5.74) is 4.47. The molecule has 0 atom stereocenters. The van der Waals surface area contributed by atoms with Crippen LogP contribution < -0.4 is 14.8 Å². The molecule has 0 aliphatic heterocycles. The van der Waals surface area contributed by atoms with Gasteiger partial charge in [-0.15, -0.1) is 0 Å². The summed E-state index contributed by atoms with van der Waals surface area (Å²) in [6, 6.07) is 17.2. The molecule has 0 heterocycles. The smallest absolute Gasteiger partial charge is 0.251 e. The summed E-state index contributed by atoms with van der Waals surface area (Å²) in [5.74, 6) is 0.901. The number of amides is 1. The van der Waals surface area contributed by atoms with E-state index in [9.17, 15) is 9.18 Å². The van der Waals surface area contributed by atoms with Crippen LogP contribution >= 0.6 is 0 Å². The van der Waals surface area contributed by atoms with E-state index in [0.717, 1.165) is 22.4 Å². The van der Waals surface area contributed by atoms with E-state index >= 15 is 0 Å². The molecule has 0 fully saturated rings. The third-order valence-electron chi connectivity index (χ3n) is 4.78. The number of methoxy groups -OCH3 is 1. The van der Waals surface area contributed by atoms with Crippen molar-refractivity contribution in [2.45, 2.75) is 27.0 Å². The molecule has 0 saturated carbocycles. The molecule has 3 aromatic carbocycles. The van der Waals surface area contributed by atoms with Gasteiger partial charge in [0.05, 0.1) is 7.11 Å². The van der Waals surface area contributed by atoms with Crippen LogP contribution in [0.4, 0.5) is 4.39 Å². The zero-order valence-corrected chi connectivity index (χ0v) is 16.8. The zero-order valence-electron chi connectivity index (χ0n) is 16.8. The van der Waals surface area contributed by atoms with Crippen LogP contribution in [0.15, 0.2) is 60.7 Å². The fourth-order valence-electron chi connectivity index (χ4n) is 2.88. The molecular weight excluding hydrogens is 369 g/mol. The Labute approximate surface area is 170 Å². The second kappa shape index (κ2) is 9.24. The van der Waals surface area contributed by atoms with Gasteiger partial charge in [-0.3, -0.25) is 4.79 Å². The van der Waals surface area contributed by atoms with Crippen LogP contribution in [0, 0.1) is 19.7 Å². The number of nitrogens with one attached hydrogen (secondary N) is 1. The molecule has 0 radical (unpaired) electrons. The van der Waals surface area contributed by atoms with Gasteiger partial charge in [0.2, 0.25) is 0 Å². The van der Waals surface area contributed by atoms with Crippen molar-refractivity contribution in [3.05, 3.63) is 94.3 Å². The van der Waals surface area contributed by atoms with E-state index < -0.39 is 0 Å². The number of halogens is 1. The molecule has 0 unspecified atom stereocenters. The minimum atomic E-state index is -0.302. The van der Waals surface area contributed by atoms with Gasteiger partial charge in [0.1, 0.15) is 23.9 Å². The van der Waals surface area contributed by atoms with E-state index in [-0.39, 0.29) is 18.3 Å². The van der Waals surface area contributed by atoms with Gasteiger partial charge in [-0.2, -0.15) is 0 Å². The van der Waals surface area contributed by atoms with Gasteiger partial charge >= 0.3 is 0 Å². The predicted molar refractivity (Wildman–Crippen MR) is 111 cm³/mol. The fraction of sp³-hybridized carbons (Fsp3) is 0.208. The van der Waals surface area contributed by atoms with Crippen molar-refractivity contribution in [3.8, 4) is 11.5 Å². The molecule has 0 aliphatic rings. The Balaban J connectivity index is 1.69. The highest BCUT2D eigenvalue weighted by atomic mass is 19.1. The number of benzene rings is 3. The summed E-state index contributed by atoms with van der Waals surface area (Å²) < 4.78 is 24.3. The Morgan fingerprint density at radius 1 is 0.966 bits per heavy atom. The van der Waals surface area contributed by atoms with Gasteiger partial charge in [0, 0.05) is 17.7 Å². The average molecular weight is 393 g/mol. The lowest BCUT2D eigenvalue weighted by Gasteiger charge is -2.13. The highest BCUT2D eigenvalue weighted by Crippen LogP contribution is 2.23. The summed E-state index contributed by atoms with van der Waals surface area (Å²) in [4.78, 5) is 12.5. The molecule has 0 bridgehead atoms. The molecule has 3 rings (SSSR count). The lowest BCUT2D eigenvalue weighted by Crippen LogP contribution is -2.23. The number of carbonyl (C=O) groups excluding carboxylic acids is 1. The molecule has 5 heteroatoms. The van der Waals surface area contributed by atoms with E-state index in [1.165, 1.54) is 17.7 Å². The first kappa shape index (κ1) is 20.4. The second-order valence-electron chi connectivity index (χ2n) is 6.87. The van der Waals surface area contributed by atoms with Gasteiger partial charge in [-0.05, 0) is 73.0 Å². The zero-order chi connectivity index (χ0) is 20.8. The number of hydrogen-bond acceptors (Lipinski definition) is 3. The summed E-state index contributed by atoms with van der Waals surface area (Å²) in [6.07, 6.45) is 0. The van der Waals surface area contributed by atoms with E-state index in [0.29, 0.717) is 17.9 Å². The van der Waals surface area contributed by atoms with Crippen molar-refractivity contribution in [1.82, 2.24) is 5.32 Å². The summed E-state index contributed by atoms with van der Waals surface area (Å²) >= 11 is 0. The minimum Gasteiger partial charge on any atom is -0.496 e. The third kappa shape index (κ3) is 5.35. The van der Waals surface area contributed by atoms with Crippen LogP contribution in [0.1, 0.15) is 32.6 Å². The molecule has 0 spiro atoms. The second-order valence-corrected chi connectivity index (χ2v) is 6.87. The first-order valence-electron chi connectivity index (χ1n) is 9.36. The molecule has 3 aromatic rings. The first-order valence-corrected chi connectivity index (χ1v) is 9.36. The van der Waals surface area contributed by atoms with E-state index in [2.05, 4.69) is 12.2 Å². The van der Waals surface area contributed by atoms with Crippen LogP contribution in [0.3, 0.4) is 0 Å². The Kier molecular flexibility index (Phi) is 6.50. The van der Waals surface area contributed by atoms with Crippen molar-refractivity contribution in [2.75, 3.05) is 7.11 Å². The van der Waals surface area contributed by atoms with Gasteiger partial charge in [-0.1, -0.05) is 18.2 Å². The van der Waals surface area contributed by atoms with Crippen molar-refractivity contribution in [1.29, 1.82) is 0 Å². The Hall–Kier alpha value is -3.34. The van der Waals surface area contributed by atoms with Crippen molar-refractivity contribution >= 4 is 5.91 Å². The minimum absolute atomic E-state index is 0.218. The van der Waals surface area contributed by atoms with Gasteiger partial charge in [-0.25, -0.2) is 4.39 Å². The number of ether oxygens (including phenoxy) is 2. The summed E-state index contributed by atoms with van der Waals surface area (Å²) in [6.45, 7) is 4.69. The molecule has 1 N–H and O–H groups in total. The topological polar surface area (TPSA) is 47.6 Å². The molecular formula is C24H24FNO3. The largest absolute Gasteiger partial charge is 0.496 e. The maximum atomic E-state index is 13.0. The quantitative estimate of drug-likeness (QED) is 0.617. The number of carbonyl (C=O) groups is 1. The van der Waals surface area contributed by atoms with Crippen LogP contribution in [-0.2, 0) is 13.2 Å². The number of rotatable bonds is 7. The van der Waals surface area contributed by atoms with Crippen LogP contribution in [-0.4, -0.2) is 13.0 Å². The molecule has 4 nitrogen and oxygen atoms in total. The molecule has 0 aromatic heterocycles. The fourth-order valence-corrected chi connectivity index (χ4v) is 2.88. The maximum Gasteiger partial charge on any atom is 0.251 e. The van der Waals surface area contributed by atoms with E-state index in [4.69, 9.17) is 9.47 Å². The summed E-state index contributed by atoms with van der Waals surface area (Å²) in [7, 11) is 1.59. The average Bonchev–Trinajstić information content (AvgIpc) is 2.73. The molecule has 29 heavy (non-hydrogen) atoms. The highest BCUT2D eigenvalue weighted by Gasteiger charge is 2.11. The summed E-state index contributed by atoms with van der Waals surface area (Å²) in [5, 5.41) is 2.84. The normalized spacial score (nSPS) is 10.5. The van der Waals surface area contributed by atoms with Crippen molar-refractivity contribution in [3.63, 3.8) is 0 Å². The number of aryl methyl sites for hydroxylation is 2. The lowest BCUT2D eigenvalue weighted by atomic mass is 10.1. The third-order valence-corrected chi connectivity index (χ3v) is 4.78. The molecule has 1 amide bonds. The van der Waals surface area contributed by atoms with Crippen LogP contribution in [0.2, 0.25) is 0 Å².